The molecular weight excluding hydrogens is 405 g/mol. The third-order valence-corrected chi connectivity index (χ3v) is 5.52. The Labute approximate surface area is 161 Å². The first-order chi connectivity index (χ1) is 11.1. The molecule has 1 atom stereocenters. The molecule has 1 heterocycles. The minimum absolute atomic E-state index is 0. The van der Waals surface area contributed by atoms with E-state index < -0.39 is 0 Å². The summed E-state index contributed by atoms with van der Waals surface area (Å²) in [5.41, 5.74) is 5.67. The molecule has 24 heavy (non-hydrogen) atoms. The third kappa shape index (κ3) is 2.48. The quantitative estimate of drug-likeness (QED) is 0.436. The second kappa shape index (κ2) is 6.32. The molecule has 1 aliphatic heterocycles. The van der Waals surface area contributed by atoms with Crippen molar-refractivity contribution in [2.45, 2.75) is 25.7 Å². The molecule has 122 valence electrons. The molecule has 0 bridgehead atoms. The van der Waals surface area contributed by atoms with Crippen LogP contribution in [0.2, 0.25) is 0 Å². The van der Waals surface area contributed by atoms with E-state index in [1.54, 1.807) is 0 Å². The van der Waals surface area contributed by atoms with E-state index >= 15 is 0 Å². The van der Waals surface area contributed by atoms with E-state index in [1.165, 1.54) is 33.3 Å². The van der Waals surface area contributed by atoms with Crippen LogP contribution in [0.1, 0.15) is 25.0 Å². The molecule has 2 heteroatoms. The second-order valence-electron chi connectivity index (χ2n) is 6.82. The van der Waals surface area contributed by atoms with Crippen molar-refractivity contribution < 1.29 is 28.6 Å². The van der Waals surface area contributed by atoms with Crippen LogP contribution in [0, 0.1) is 0 Å². The maximum atomic E-state index is 2.39. The summed E-state index contributed by atoms with van der Waals surface area (Å²) < 4.78 is 2.37. The summed E-state index contributed by atoms with van der Waals surface area (Å²) in [6.07, 6.45) is 1.03. The number of rotatable bonds is 2. The lowest BCUT2D eigenvalue weighted by molar-refractivity contribution is -0.403. The van der Waals surface area contributed by atoms with Gasteiger partial charge in [0.25, 0.3) is 0 Å². The van der Waals surface area contributed by atoms with Gasteiger partial charge < -0.3 is 24.0 Å². The van der Waals surface area contributed by atoms with Gasteiger partial charge in [0.15, 0.2) is 5.71 Å². The second-order valence-corrected chi connectivity index (χ2v) is 6.82. The van der Waals surface area contributed by atoms with E-state index in [0.717, 1.165) is 6.42 Å². The van der Waals surface area contributed by atoms with Crippen LogP contribution in [0.3, 0.4) is 0 Å². The zero-order chi connectivity index (χ0) is 16.0. The summed E-state index contributed by atoms with van der Waals surface area (Å²) in [4.78, 5) is 0. The molecular formula is C22H22IN. The molecule has 0 saturated carbocycles. The van der Waals surface area contributed by atoms with Crippen molar-refractivity contribution in [3.8, 4) is 0 Å². The summed E-state index contributed by atoms with van der Waals surface area (Å²) in [6, 6.07) is 24.1. The molecule has 0 amide bonds. The van der Waals surface area contributed by atoms with Crippen LogP contribution in [-0.2, 0) is 11.8 Å². The van der Waals surface area contributed by atoms with Crippen LogP contribution >= 0.6 is 0 Å². The Bertz CT molecular complexity index is 927. The van der Waals surface area contributed by atoms with Gasteiger partial charge in [-0.15, -0.1) is 0 Å². The Kier molecular flexibility index (Phi) is 4.52. The van der Waals surface area contributed by atoms with Gasteiger partial charge in [0.2, 0.25) is 5.69 Å². The van der Waals surface area contributed by atoms with E-state index in [4.69, 9.17) is 0 Å². The standard InChI is InChI=1S/C22H22N.HI/c1-16-22(2,15-17-9-5-4-6-10-17)21-19-12-8-7-11-18(19)13-14-20(21)23(16)3;/h4-14H,15H2,1-3H3;1H/q+1;/p-1. The highest BCUT2D eigenvalue weighted by molar-refractivity contribution is 6.02. The van der Waals surface area contributed by atoms with Gasteiger partial charge in [0, 0.05) is 18.6 Å². The highest BCUT2D eigenvalue weighted by Gasteiger charge is 2.46. The zero-order valence-electron chi connectivity index (χ0n) is 14.4. The molecule has 1 nitrogen and oxygen atoms in total. The molecule has 0 spiro atoms. The molecule has 0 fully saturated rings. The lowest BCUT2D eigenvalue weighted by atomic mass is 9.73. The minimum Gasteiger partial charge on any atom is -1.00 e. The van der Waals surface area contributed by atoms with Crippen LogP contribution in [0.5, 0.6) is 0 Å². The average molecular weight is 427 g/mol. The van der Waals surface area contributed by atoms with E-state index in [-0.39, 0.29) is 29.4 Å². The van der Waals surface area contributed by atoms with Gasteiger partial charge in [-0.05, 0) is 35.7 Å². The van der Waals surface area contributed by atoms with E-state index in [1.807, 2.05) is 0 Å². The minimum atomic E-state index is 0. The smallest absolute Gasteiger partial charge is 0.209 e. The fraction of sp³-hybridized carbons (Fsp3) is 0.227. The average Bonchev–Trinajstić information content (AvgIpc) is 2.78. The fourth-order valence-corrected chi connectivity index (χ4v) is 4.07. The molecule has 0 aliphatic carbocycles. The van der Waals surface area contributed by atoms with Gasteiger partial charge in [-0.2, -0.15) is 0 Å². The lowest BCUT2D eigenvalue weighted by Crippen LogP contribution is -3.00. The van der Waals surface area contributed by atoms with Crippen LogP contribution < -0.4 is 24.0 Å². The highest BCUT2D eigenvalue weighted by Crippen LogP contribution is 2.45. The molecule has 0 aromatic heterocycles. The topological polar surface area (TPSA) is 3.01 Å². The van der Waals surface area contributed by atoms with Crippen LogP contribution in [0.25, 0.3) is 10.8 Å². The van der Waals surface area contributed by atoms with Crippen molar-refractivity contribution in [1.29, 1.82) is 0 Å². The maximum Gasteiger partial charge on any atom is 0.209 e. The van der Waals surface area contributed by atoms with Crippen molar-refractivity contribution in [3.05, 3.63) is 77.9 Å². The maximum absolute atomic E-state index is 2.39. The molecule has 1 aliphatic rings. The molecule has 0 saturated heterocycles. The van der Waals surface area contributed by atoms with Gasteiger partial charge >= 0.3 is 0 Å². The molecule has 1 unspecified atom stereocenters. The SMILES string of the molecule is CC1=[N+](C)c2ccc3ccccc3c2C1(C)Cc1ccccc1.[I-]. The number of nitrogens with zero attached hydrogens (tertiary/aromatic N) is 1. The van der Waals surface area contributed by atoms with Crippen LogP contribution in [0.4, 0.5) is 5.69 Å². The Morgan fingerprint density at radius 3 is 2.29 bits per heavy atom. The van der Waals surface area contributed by atoms with Gasteiger partial charge in [0.05, 0.1) is 5.41 Å². The Hall–Kier alpha value is -1.68. The number of fused-ring (bicyclic) bond motifs is 3. The van der Waals surface area contributed by atoms with Gasteiger partial charge in [-0.3, -0.25) is 0 Å². The van der Waals surface area contributed by atoms with Crippen molar-refractivity contribution >= 4 is 22.2 Å². The number of hydrogen-bond donors (Lipinski definition) is 0. The number of benzene rings is 3. The third-order valence-electron chi connectivity index (χ3n) is 5.52. The summed E-state index contributed by atoms with van der Waals surface area (Å²) in [5.74, 6) is 0. The number of halogens is 1. The van der Waals surface area contributed by atoms with Crippen molar-refractivity contribution in [3.63, 3.8) is 0 Å². The van der Waals surface area contributed by atoms with Crippen molar-refractivity contribution in [2.75, 3.05) is 7.05 Å². The summed E-state index contributed by atoms with van der Waals surface area (Å²) in [6.45, 7) is 4.67. The van der Waals surface area contributed by atoms with Crippen molar-refractivity contribution in [1.82, 2.24) is 0 Å². The predicted molar refractivity (Wildman–Crippen MR) is 98.0 cm³/mol. The van der Waals surface area contributed by atoms with Gasteiger partial charge in [0.1, 0.15) is 7.05 Å². The number of hydrogen-bond acceptors (Lipinski definition) is 0. The van der Waals surface area contributed by atoms with Crippen LogP contribution in [0.15, 0.2) is 66.7 Å². The first kappa shape index (κ1) is 17.2. The van der Waals surface area contributed by atoms with E-state index in [2.05, 4.69) is 92.2 Å². The molecule has 3 aromatic carbocycles. The Morgan fingerprint density at radius 1 is 0.875 bits per heavy atom. The molecule has 0 radical (unpaired) electrons. The summed E-state index contributed by atoms with van der Waals surface area (Å²) in [5, 5.41) is 2.71. The first-order valence-corrected chi connectivity index (χ1v) is 8.25. The predicted octanol–water partition coefficient (Wildman–Crippen LogP) is 2.09. The lowest BCUT2D eigenvalue weighted by Gasteiger charge is -2.23. The summed E-state index contributed by atoms with van der Waals surface area (Å²) >= 11 is 0. The highest BCUT2D eigenvalue weighted by atomic mass is 127. The van der Waals surface area contributed by atoms with E-state index in [9.17, 15) is 0 Å². The Morgan fingerprint density at radius 2 is 1.54 bits per heavy atom. The van der Waals surface area contributed by atoms with E-state index in [0.29, 0.717) is 0 Å². The summed E-state index contributed by atoms with van der Waals surface area (Å²) in [7, 11) is 2.19. The normalized spacial score (nSPS) is 19.3. The first-order valence-electron chi connectivity index (χ1n) is 8.25. The molecule has 4 rings (SSSR count). The van der Waals surface area contributed by atoms with Gasteiger partial charge in [-0.1, -0.05) is 54.6 Å². The fourth-order valence-electron chi connectivity index (χ4n) is 4.07. The monoisotopic (exact) mass is 427 g/mol. The zero-order valence-corrected chi connectivity index (χ0v) is 16.5. The van der Waals surface area contributed by atoms with Gasteiger partial charge in [-0.25, -0.2) is 4.58 Å². The van der Waals surface area contributed by atoms with Crippen molar-refractivity contribution in [2.24, 2.45) is 0 Å². The molecule has 3 aromatic rings. The molecule has 0 N–H and O–H groups in total. The Balaban J connectivity index is 0.00000169. The largest absolute Gasteiger partial charge is 1.00 e. The van der Waals surface area contributed by atoms with Crippen LogP contribution in [-0.4, -0.2) is 17.3 Å².